The Morgan fingerprint density at radius 3 is 2.16 bits per heavy atom. The average molecular weight is 714 g/mol. The number of thiazole rings is 1. The molecule has 3 aromatic rings. The maximum Gasteiger partial charge on any atom is 0.573 e. The summed E-state index contributed by atoms with van der Waals surface area (Å²) in [6.07, 6.45) is -3.41. The predicted octanol–water partition coefficient (Wildman–Crippen LogP) is 7.03. The Hall–Kier alpha value is -2.72. The number of phosphoric ester groups is 1. The zero-order valence-electron chi connectivity index (χ0n) is 25.0. The SMILES string of the molecule is CC(C)(C)OP(=O)(OCn1ccs/c1=N/S(=O)(=O)c1ccc(C(=O)NCc2ccc(OC(F)(F)F)c(Cl)c2)cc1)OC(C)(C)C. The maximum absolute atomic E-state index is 13.3. The van der Waals surface area contributed by atoms with E-state index in [2.05, 4.69) is 14.5 Å². The summed E-state index contributed by atoms with van der Waals surface area (Å²) in [4.78, 5) is 12.4. The second kappa shape index (κ2) is 14.0. The van der Waals surface area contributed by atoms with Crippen molar-refractivity contribution in [3.63, 3.8) is 0 Å². The van der Waals surface area contributed by atoms with E-state index in [1.807, 2.05) is 0 Å². The monoisotopic (exact) mass is 713 g/mol. The van der Waals surface area contributed by atoms with Crippen molar-refractivity contribution in [3.8, 4) is 5.75 Å². The minimum Gasteiger partial charge on any atom is -0.404 e. The van der Waals surface area contributed by atoms with Crippen LogP contribution in [0.4, 0.5) is 13.2 Å². The fraction of sp³-hybridized carbons (Fsp3) is 0.407. The second-order valence-electron chi connectivity index (χ2n) is 11.4. The molecule has 1 aromatic heterocycles. The molecule has 0 aliphatic rings. The summed E-state index contributed by atoms with van der Waals surface area (Å²) in [5, 5.41) is 3.85. The van der Waals surface area contributed by atoms with Crippen LogP contribution in [0.5, 0.6) is 5.75 Å². The molecule has 0 fully saturated rings. The van der Waals surface area contributed by atoms with Gasteiger partial charge in [0.15, 0.2) is 0 Å². The maximum atomic E-state index is 13.3. The van der Waals surface area contributed by atoms with Crippen LogP contribution in [0.3, 0.4) is 0 Å². The molecule has 0 aliphatic heterocycles. The number of phosphoric acid groups is 1. The normalized spacial score (nSPS) is 13.6. The second-order valence-corrected chi connectivity index (χ2v) is 15.8. The molecule has 0 atom stereocenters. The van der Waals surface area contributed by atoms with Crippen molar-refractivity contribution < 1.29 is 49.3 Å². The Bertz CT molecular complexity index is 1710. The molecular weight excluding hydrogens is 682 g/mol. The van der Waals surface area contributed by atoms with Gasteiger partial charge in [0.05, 0.1) is 21.1 Å². The van der Waals surface area contributed by atoms with Gasteiger partial charge < -0.3 is 10.1 Å². The molecule has 45 heavy (non-hydrogen) atoms. The van der Waals surface area contributed by atoms with Crippen LogP contribution in [0.25, 0.3) is 0 Å². The van der Waals surface area contributed by atoms with Gasteiger partial charge in [0, 0.05) is 23.7 Å². The van der Waals surface area contributed by atoms with E-state index in [1.165, 1.54) is 47.2 Å². The van der Waals surface area contributed by atoms with E-state index < -0.39 is 47.1 Å². The molecule has 1 N–H and O–H groups in total. The number of benzene rings is 2. The number of nitrogens with one attached hydrogen (secondary N) is 1. The number of nitrogens with zero attached hydrogens (tertiary/aromatic N) is 2. The van der Waals surface area contributed by atoms with Crippen molar-refractivity contribution in [2.75, 3.05) is 0 Å². The number of halogens is 4. The third-order valence-electron chi connectivity index (χ3n) is 5.07. The molecule has 1 heterocycles. The van der Waals surface area contributed by atoms with Crippen LogP contribution >= 0.6 is 30.8 Å². The van der Waals surface area contributed by atoms with E-state index in [9.17, 15) is 30.9 Å². The molecule has 0 bridgehead atoms. The molecule has 0 radical (unpaired) electrons. The summed E-state index contributed by atoms with van der Waals surface area (Å²) in [7, 11) is -8.33. The van der Waals surface area contributed by atoms with Crippen LogP contribution in [0, 0.1) is 0 Å². The zero-order chi connectivity index (χ0) is 33.8. The number of amides is 1. The summed E-state index contributed by atoms with van der Waals surface area (Å²) in [5.41, 5.74) is -1.21. The molecule has 0 aliphatic carbocycles. The van der Waals surface area contributed by atoms with Crippen LogP contribution < -0.4 is 14.9 Å². The lowest BCUT2D eigenvalue weighted by Gasteiger charge is -2.30. The van der Waals surface area contributed by atoms with Gasteiger partial charge in [0.1, 0.15) is 12.5 Å². The lowest BCUT2D eigenvalue weighted by molar-refractivity contribution is -0.274. The number of rotatable bonds is 11. The van der Waals surface area contributed by atoms with Gasteiger partial charge in [-0.15, -0.1) is 28.9 Å². The van der Waals surface area contributed by atoms with E-state index in [0.717, 1.165) is 17.4 Å². The van der Waals surface area contributed by atoms with Gasteiger partial charge in [-0.05, 0) is 83.5 Å². The number of hydrogen-bond acceptors (Lipinski definition) is 9. The summed E-state index contributed by atoms with van der Waals surface area (Å²) in [6.45, 7) is 9.65. The number of carbonyl (C=O) groups is 1. The molecule has 0 saturated heterocycles. The van der Waals surface area contributed by atoms with Crippen molar-refractivity contribution in [3.05, 3.63) is 75.0 Å². The Kier molecular flexibility index (Phi) is 11.4. The van der Waals surface area contributed by atoms with Gasteiger partial charge in [0.2, 0.25) is 4.80 Å². The Morgan fingerprint density at radius 2 is 1.62 bits per heavy atom. The predicted molar refractivity (Wildman–Crippen MR) is 161 cm³/mol. The van der Waals surface area contributed by atoms with E-state index in [1.54, 1.807) is 46.9 Å². The molecule has 2 aromatic carbocycles. The van der Waals surface area contributed by atoms with Crippen LogP contribution in [-0.4, -0.2) is 36.5 Å². The molecule has 1 amide bonds. The van der Waals surface area contributed by atoms with E-state index in [-0.39, 0.29) is 33.6 Å². The smallest absolute Gasteiger partial charge is 0.404 e. The van der Waals surface area contributed by atoms with Gasteiger partial charge in [-0.1, -0.05) is 17.7 Å². The zero-order valence-corrected chi connectivity index (χ0v) is 28.3. The third-order valence-corrected chi connectivity index (χ3v) is 9.53. The van der Waals surface area contributed by atoms with Gasteiger partial charge in [-0.3, -0.25) is 22.9 Å². The fourth-order valence-electron chi connectivity index (χ4n) is 3.42. The van der Waals surface area contributed by atoms with Gasteiger partial charge in [-0.25, -0.2) is 4.57 Å². The molecule has 0 saturated carbocycles. The first-order valence-corrected chi connectivity index (χ1v) is 17.2. The van der Waals surface area contributed by atoms with Crippen molar-refractivity contribution in [1.29, 1.82) is 0 Å². The van der Waals surface area contributed by atoms with Crippen LogP contribution in [-0.2, 0) is 41.4 Å². The van der Waals surface area contributed by atoms with E-state index >= 15 is 0 Å². The summed E-state index contributed by atoms with van der Waals surface area (Å²) in [6, 6.07) is 8.51. The van der Waals surface area contributed by atoms with Gasteiger partial charge >= 0.3 is 14.2 Å². The van der Waals surface area contributed by atoms with Crippen molar-refractivity contribution in [2.45, 2.75) is 77.3 Å². The number of alkyl halides is 3. The number of aromatic nitrogens is 1. The van der Waals surface area contributed by atoms with Crippen LogP contribution in [0.15, 0.2) is 63.3 Å². The molecule has 3 rings (SSSR count). The van der Waals surface area contributed by atoms with Gasteiger partial charge in [-0.2, -0.15) is 8.42 Å². The molecule has 11 nitrogen and oxygen atoms in total. The van der Waals surface area contributed by atoms with E-state index in [4.69, 9.17) is 25.2 Å². The number of hydrogen-bond donors (Lipinski definition) is 1. The van der Waals surface area contributed by atoms with Crippen LogP contribution in [0.1, 0.15) is 57.5 Å². The van der Waals surface area contributed by atoms with Gasteiger partial charge in [0.25, 0.3) is 15.9 Å². The molecule has 248 valence electrons. The minimum atomic E-state index is -4.90. The first-order valence-electron chi connectivity index (χ1n) is 13.1. The number of carbonyl (C=O) groups excluding carboxylic acids is 1. The molecule has 0 spiro atoms. The lowest BCUT2D eigenvalue weighted by atomic mass is 10.2. The van der Waals surface area contributed by atoms with Crippen molar-refractivity contribution >= 4 is 46.7 Å². The highest BCUT2D eigenvalue weighted by molar-refractivity contribution is 7.90. The highest BCUT2D eigenvalue weighted by Crippen LogP contribution is 2.55. The minimum absolute atomic E-state index is 0.0141. The highest BCUT2D eigenvalue weighted by atomic mass is 35.5. The topological polar surface area (TPSA) is 135 Å². The first kappa shape index (κ1) is 36.7. The lowest BCUT2D eigenvalue weighted by Crippen LogP contribution is -2.26. The number of ether oxygens (including phenoxy) is 1. The first-order chi connectivity index (χ1) is 20.5. The largest absolute Gasteiger partial charge is 0.573 e. The Labute approximate surface area is 267 Å². The summed E-state index contributed by atoms with van der Waals surface area (Å²) >= 11 is 6.83. The molecular formula is C27H32ClF3N3O8PS2. The third kappa shape index (κ3) is 11.9. The standard InChI is InChI=1S/C27H32ClF3N3O8PS2/c1-25(2,3)41-43(36,42-26(4,5)6)39-17-34-13-14-44-24(34)33-45(37,38)20-10-8-19(9-11-20)23(35)32-16-18-7-12-22(21(28)15-18)40-27(29,30)31/h7-15H,16-17H2,1-6H3,(H,32,35)/b33-24+. The quantitative estimate of drug-likeness (QED) is 0.209. The molecule has 0 unspecified atom stereocenters. The highest BCUT2D eigenvalue weighted by Gasteiger charge is 2.37. The summed E-state index contributed by atoms with van der Waals surface area (Å²) < 4.78 is 102. The Morgan fingerprint density at radius 1 is 1.02 bits per heavy atom. The van der Waals surface area contributed by atoms with E-state index in [0.29, 0.717) is 5.56 Å². The van der Waals surface area contributed by atoms with Crippen LogP contribution in [0.2, 0.25) is 5.02 Å². The average Bonchev–Trinajstić information content (AvgIpc) is 3.31. The summed E-state index contributed by atoms with van der Waals surface area (Å²) in [5.74, 6) is -1.15. The fourth-order valence-corrected chi connectivity index (χ4v) is 7.36. The Balaban J connectivity index is 1.70. The molecule has 18 heteroatoms. The number of sulfonamides is 1. The van der Waals surface area contributed by atoms with Crippen molar-refractivity contribution in [1.82, 2.24) is 9.88 Å². The van der Waals surface area contributed by atoms with Crippen molar-refractivity contribution in [2.24, 2.45) is 4.40 Å².